The molecular weight excluding hydrogens is 272 g/mol. The van der Waals surface area contributed by atoms with E-state index in [-0.39, 0.29) is 30.8 Å². The van der Waals surface area contributed by atoms with Crippen LogP contribution >= 0.6 is 0 Å². The second-order valence-electron chi connectivity index (χ2n) is 4.65. The molecule has 21 heavy (non-hydrogen) atoms. The van der Waals surface area contributed by atoms with E-state index >= 15 is 0 Å². The van der Waals surface area contributed by atoms with Crippen molar-refractivity contribution in [1.82, 2.24) is 10.2 Å². The molecule has 0 aromatic heterocycles. The second-order valence-corrected chi connectivity index (χ2v) is 4.65. The monoisotopic (exact) mass is 292 g/mol. The van der Waals surface area contributed by atoms with Gasteiger partial charge >= 0.3 is 0 Å². The van der Waals surface area contributed by atoms with Crippen molar-refractivity contribution in [3.05, 3.63) is 24.3 Å². The summed E-state index contributed by atoms with van der Waals surface area (Å²) < 4.78 is 0. The fraction of sp³-hybridized carbons (Fsp3) is 0.357. The molecule has 3 amide bonds. The number of hydrogen-bond donors (Lipinski definition) is 3. The third-order valence-corrected chi connectivity index (χ3v) is 2.59. The molecule has 0 aliphatic carbocycles. The van der Waals surface area contributed by atoms with Crippen LogP contribution in [0.1, 0.15) is 6.92 Å². The zero-order valence-corrected chi connectivity index (χ0v) is 12.4. The Morgan fingerprint density at radius 3 is 1.90 bits per heavy atom. The lowest BCUT2D eigenvalue weighted by atomic mass is 10.2. The Bertz CT molecular complexity index is 513. The number of nitrogens with one attached hydrogen (secondary N) is 3. The topological polar surface area (TPSA) is 90.5 Å². The number of anilines is 2. The van der Waals surface area contributed by atoms with Crippen molar-refractivity contribution in [2.75, 3.05) is 37.8 Å². The number of amides is 3. The molecule has 0 saturated carbocycles. The number of rotatable bonds is 6. The Hall–Kier alpha value is -2.41. The smallest absolute Gasteiger partial charge is 0.238 e. The lowest BCUT2D eigenvalue weighted by Crippen LogP contribution is -2.37. The summed E-state index contributed by atoms with van der Waals surface area (Å²) in [7, 11) is 3.24. The van der Waals surface area contributed by atoms with E-state index in [2.05, 4.69) is 16.0 Å². The Morgan fingerprint density at radius 1 is 0.952 bits per heavy atom. The van der Waals surface area contributed by atoms with Crippen LogP contribution in [0.2, 0.25) is 0 Å². The van der Waals surface area contributed by atoms with E-state index in [9.17, 15) is 14.4 Å². The first kappa shape index (κ1) is 16.6. The molecule has 7 nitrogen and oxygen atoms in total. The molecule has 0 fully saturated rings. The number of nitrogens with zero attached hydrogens (tertiary/aromatic N) is 1. The Morgan fingerprint density at radius 2 is 1.43 bits per heavy atom. The largest absolute Gasteiger partial charge is 0.358 e. The third kappa shape index (κ3) is 6.53. The van der Waals surface area contributed by atoms with Crippen molar-refractivity contribution in [2.24, 2.45) is 0 Å². The van der Waals surface area contributed by atoms with Crippen molar-refractivity contribution in [3.63, 3.8) is 0 Å². The molecule has 0 aliphatic rings. The van der Waals surface area contributed by atoms with E-state index in [1.165, 1.54) is 6.92 Å². The van der Waals surface area contributed by atoms with Crippen LogP contribution in [0.25, 0.3) is 0 Å². The molecule has 0 saturated heterocycles. The average Bonchev–Trinajstić information content (AvgIpc) is 2.39. The fourth-order valence-electron chi connectivity index (χ4n) is 1.67. The SMILES string of the molecule is CNC(=O)CN(C)CC(=O)Nc1ccc(NC(C)=O)cc1. The van der Waals surface area contributed by atoms with Gasteiger partial charge in [-0.1, -0.05) is 0 Å². The van der Waals surface area contributed by atoms with Gasteiger partial charge in [0, 0.05) is 25.3 Å². The summed E-state index contributed by atoms with van der Waals surface area (Å²) in [6, 6.07) is 6.79. The fourth-order valence-corrected chi connectivity index (χ4v) is 1.67. The highest BCUT2D eigenvalue weighted by Crippen LogP contribution is 2.13. The molecule has 0 heterocycles. The first-order valence-corrected chi connectivity index (χ1v) is 6.47. The summed E-state index contributed by atoms with van der Waals surface area (Å²) in [6.07, 6.45) is 0. The summed E-state index contributed by atoms with van der Waals surface area (Å²) in [5.41, 5.74) is 1.29. The molecule has 0 atom stereocenters. The Kier molecular flexibility index (Phi) is 6.35. The van der Waals surface area contributed by atoms with Crippen molar-refractivity contribution in [3.8, 4) is 0 Å². The molecular formula is C14H20N4O3. The molecule has 0 bridgehead atoms. The predicted molar refractivity (Wildman–Crippen MR) is 80.9 cm³/mol. The maximum atomic E-state index is 11.8. The number of hydrogen-bond acceptors (Lipinski definition) is 4. The summed E-state index contributed by atoms with van der Waals surface area (Å²) in [4.78, 5) is 35.5. The molecule has 0 radical (unpaired) electrons. The van der Waals surface area contributed by atoms with Gasteiger partial charge in [-0.25, -0.2) is 0 Å². The van der Waals surface area contributed by atoms with Gasteiger partial charge in [-0.2, -0.15) is 0 Å². The zero-order valence-electron chi connectivity index (χ0n) is 12.4. The standard InChI is InChI=1S/C14H20N4O3/c1-10(19)16-11-4-6-12(7-5-11)17-14(21)9-18(3)8-13(20)15-2/h4-7H,8-9H2,1-3H3,(H,15,20)(H,16,19)(H,17,21). The minimum absolute atomic E-state index is 0.112. The molecule has 1 rings (SSSR count). The average molecular weight is 292 g/mol. The molecule has 1 aromatic rings. The van der Waals surface area contributed by atoms with Gasteiger partial charge in [-0.15, -0.1) is 0 Å². The van der Waals surface area contributed by atoms with Gasteiger partial charge in [-0.05, 0) is 31.3 Å². The lowest BCUT2D eigenvalue weighted by Gasteiger charge is -2.15. The maximum Gasteiger partial charge on any atom is 0.238 e. The first-order chi connectivity index (χ1) is 9.90. The molecule has 0 spiro atoms. The molecule has 114 valence electrons. The number of carbonyl (C=O) groups excluding carboxylic acids is 3. The van der Waals surface area contributed by atoms with E-state index in [0.29, 0.717) is 11.4 Å². The van der Waals surface area contributed by atoms with Gasteiger partial charge in [-0.3, -0.25) is 19.3 Å². The Balaban J connectivity index is 2.47. The van der Waals surface area contributed by atoms with Crippen LogP contribution in [-0.2, 0) is 14.4 Å². The van der Waals surface area contributed by atoms with Gasteiger partial charge < -0.3 is 16.0 Å². The van der Waals surface area contributed by atoms with Gasteiger partial charge in [0.1, 0.15) is 0 Å². The number of benzene rings is 1. The highest BCUT2D eigenvalue weighted by atomic mass is 16.2. The lowest BCUT2D eigenvalue weighted by molar-refractivity contribution is -0.122. The summed E-state index contributed by atoms with van der Waals surface area (Å²) in [5.74, 6) is -0.513. The number of likely N-dealkylation sites (N-methyl/N-ethyl adjacent to an activating group) is 2. The molecule has 7 heteroatoms. The van der Waals surface area contributed by atoms with Crippen LogP contribution in [0.3, 0.4) is 0 Å². The van der Waals surface area contributed by atoms with Gasteiger partial charge in [0.05, 0.1) is 13.1 Å². The van der Waals surface area contributed by atoms with Gasteiger partial charge in [0.25, 0.3) is 0 Å². The van der Waals surface area contributed by atoms with Gasteiger partial charge in [0.15, 0.2) is 0 Å². The first-order valence-electron chi connectivity index (χ1n) is 6.47. The zero-order chi connectivity index (χ0) is 15.8. The summed E-state index contributed by atoms with van der Waals surface area (Å²) in [6.45, 7) is 1.70. The summed E-state index contributed by atoms with van der Waals surface area (Å²) >= 11 is 0. The van der Waals surface area contributed by atoms with Crippen molar-refractivity contribution < 1.29 is 14.4 Å². The van der Waals surface area contributed by atoms with Crippen molar-refractivity contribution in [2.45, 2.75) is 6.92 Å². The Labute approximate surface area is 123 Å². The summed E-state index contributed by atoms with van der Waals surface area (Å²) in [5, 5.41) is 7.85. The van der Waals surface area contributed by atoms with E-state index < -0.39 is 0 Å². The molecule has 1 aromatic carbocycles. The molecule has 0 unspecified atom stereocenters. The van der Waals surface area contributed by atoms with Crippen molar-refractivity contribution in [1.29, 1.82) is 0 Å². The van der Waals surface area contributed by atoms with E-state index in [1.807, 2.05) is 0 Å². The second kappa shape index (κ2) is 8.01. The highest BCUT2D eigenvalue weighted by molar-refractivity contribution is 5.93. The van der Waals surface area contributed by atoms with E-state index in [0.717, 1.165) is 0 Å². The predicted octanol–water partition coefficient (Wildman–Crippen LogP) is 0.261. The minimum atomic E-state index is -0.214. The van der Waals surface area contributed by atoms with Crippen LogP contribution in [0.15, 0.2) is 24.3 Å². The maximum absolute atomic E-state index is 11.8. The molecule has 0 aliphatic heterocycles. The van der Waals surface area contributed by atoms with E-state index in [4.69, 9.17) is 0 Å². The van der Waals surface area contributed by atoms with Crippen molar-refractivity contribution >= 4 is 29.1 Å². The minimum Gasteiger partial charge on any atom is -0.358 e. The van der Waals surface area contributed by atoms with Crippen LogP contribution in [-0.4, -0.2) is 49.8 Å². The van der Waals surface area contributed by atoms with Crippen LogP contribution < -0.4 is 16.0 Å². The normalized spacial score (nSPS) is 10.1. The number of carbonyl (C=O) groups is 3. The van der Waals surface area contributed by atoms with Crippen LogP contribution in [0, 0.1) is 0 Å². The van der Waals surface area contributed by atoms with Crippen LogP contribution in [0.4, 0.5) is 11.4 Å². The van der Waals surface area contributed by atoms with Gasteiger partial charge in [0.2, 0.25) is 17.7 Å². The van der Waals surface area contributed by atoms with Crippen LogP contribution in [0.5, 0.6) is 0 Å². The third-order valence-electron chi connectivity index (χ3n) is 2.59. The quantitative estimate of drug-likeness (QED) is 0.701. The van der Waals surface area contributed by atoms with E-state index in [1.54, 1.807) is 43.3 Å². The molecule has 3 N–H and O–H groups in total. The highest BCUT2D eigenvalue weighted by Gasteiger charge is 2.09.